The second-order valence-corrected chi connectivity index (χ2v) is 3.94. The predicted octanol–water partition coefficient (Wildman–Crippen LogP) is 3.63. The lowest BCUT2D eigenvalue weighted by Gasteiger charge is -2.09. The summed E-state index contributed by atoms with van der Waals surface area (Å²) in [4.78, 5) is 4.46. The van der Waals surface area contributed by atoms with Crippen molar-refractivity contribution in [2.24, 2.45) is 0 Å². The molecule has 1 aromatic carbocycles. The molecule has 0 aliphatic carbocycles. The van der Waals surface area contributed by atoms with Crippen LogP contribution in [0.2, 0.25) is 5.02 Å². The van der Waals surface area contributed by atoms with E-state index in [0.29, 0.717) is 0 Å². The van der Waals surface area contributed by atoms with E-state index in [9.17, 15) is 0 Å². The molecule has 1 heterocycles. The van der Waals surface area contributed by atoms with Gasteiger partial charge in [0, 0.05) is 28.3 Å². The number of pyridine rings is 1. The molecule has 0 atom stereocenters. The number of benzene rings is 1. The second kappa shape index (κ2) is 4.07. The molecule has 0 fully saturated rings. The zero-order chi connectivity index (χ0) is 10.8. The maximum absolute atomic E-state index is 5.98. The van der Waals surface area contributed by atoms with Crippen LogP contribution >= 0.6 is 11.6 Å². The van der Waals surface area contributed by atoms with Crippen molar-refractivity contribution < 1.29 is 0 Å². The summed E-state index contributed by atoms with van der Waals surface area (Å²) in [5.41, 5.74) is 3.10. The van der Waals surface area contributed by atoms with Gasteiger partial charge >= 0.3 is 0 Å². The van der Waals surface area contributed by atoms with Crippen molar-refractivity contribution in [1.82, 2.24) is 4.98 Å². The van der Waals surface area contributed by atoms with Crippen LogP contribution in [-0.2, 0) is 0 Å². The maximum atomic E-state index is 5.98. The average molecular weight is 221 g/mol. The van der Waals surface area contributed by atoms with Crippen LogP contribution in [0.15, 0.2) is 24.3 Å². The molecule has 0 amide bonds. The Morgan fingerprint density at radius 1 is 1.33 bits per heavy atom. The van der Waals surface area contributed by atoms with Gasteiger partial charge in [-0.1, -0.05) is 11.6 Å². The molecule has 1 N–H and O–H groups in total. The first-order chi connectivity index (χ1) is 7.20. The van der Waals surface area contributed by atoms with Crippen LogP contribution in [-0.4, -0.2) is 11.5 Å². The second-order valence-electron chi connectivity index (χ2n) is 3.50. The Morgan fingerprint density at radius 3 is 2.87 bits per heavy atom. The molecule has 0 saturated heterocycles. The number of aromatic nitrogens is 1. The van der Waals surface area contributed by atoms with E-state index < -0.39 is 0 Å². The minimum atomic E-state index is 0.743. The number of nitrogens with one attached hydrogen (secondary N) is 1. The topological polar surface area (TPSA) is 24.9 Å². The van der Waals surface area contributed by atoms with Gasteiger partial charge < -0.3 is 5.32 Å². The van der Waals surface area contributed by atoms with E-state index in [1.807, 2.05) is 31.2 Å². The number of halogens is 1. The van der Waals surface area contributed by atoms with Crippen LogP contribution in [0.5, 0.6) is 0 Å². The fraction of sp³-hybridized carbons (Fsp3) is 0.250. The fourth-order valence-corrected chi connectivity index (χ4v) is 1.84. The van der Waals surface area contributed by atoms with Crippen molar-refractivity contribution in [2.75, 3.05) is 11.9 Å². The summed E-state index contributed by atoms with van der Waals surface area (Å²) in [5.74, 6) is 0. The van der Waals surface area contributed by atoms with E-state index in [0.717, 1.165) is 33.9 Å². The van der Waals surface area contributed by atoms with Gasteiger partial charge in [-0.05, 0) is 38.1 Å². The Labute approximate surface area is 94.3 Å². The lowest BCUT2D eigenvalue weighted by atomic mass is 10.1. The number of hydrogen-bond donors (Lipinski definition) is 1. The maximum Gasteiger partial charge on any atom is 0.0726 e. The number of aryl methyl sites for hydroxylation is 1. The monoisotopic (exact) mass is 220 g/mol. The fourth-order valence-electron chi connectivity index (χ4n) is 1.67. The average Bonchev–Trinajstić information content (AvgIpc) is 2.19. The number of fused-ring (bicyclic) bond motifs is 1. The Hall–Kier alpha value is -1.28. The Balaban J connectivity index is 2.70. The van der Waals surface area contributed by atoms with Gasteiger partial charge in [-0.2, -0.15) is 0 Å². The van der Waals surface area contributed by atoms with Crippen LogP contribution < -0.4 is 5.32 Å². The molecule has 78 valence electrons. The van der Waals surface area contributed by atoms with Gasteiger partial charge in [-0.3, -0.25) is 4.98 Å². The minimum absolute atomic E-state index is 0.743. The largest absolute Gasteiger partial charge is 0.385 e. The van der Waals surface area contributed by atoms with Gasteiger partial charge in [0.05, 0.1) is 5.52 Å². The summed E-state index contributed by atoms with van der Waals surface area (Å²) in [7, 11) is 0. The summed E-state index contributed by atoms with van der Waals surface area (Å²) in [6.07, 6.45) is 0. The lowest BCUT2D eigenvalue weighted by Crippen LogP contribution is -1.99. The van der Waals surface area contributed by atoms with Crippen molar-refractivity contribution in [3.8, 4) is 0 Å². The highest BCUT2D eigenvalue weighted by Gasteiger charge is 2.03. The molecule has 0 radical (unpaired) electrons. The van der Waals surface area contributed by atoms with Gasteiger partial charge in [0.1, 0.15) is 0 Å². The third-order valence-electron chi connectivity index (χ3n) is 2.27. The van der Waals surface area contributed by atoms with Gasteiger partial charge in [-0.15, -0.1) is 0 Å². The number of nitrogens with zero attached hydrogens (tertiary/aromatic N) is 1. The van der Waals surface area contributed by atoms with Crippen molar-refractivity contribution in [3.05, 3.63) is 35.0 Å². The standard InChI is InChI=1S/C12H13ClN2/c1-3-14-12-6-8(2)15-11-5-4-9(13)7-10(11)12/h4-7H,3H2,1-2H3,(H,14,15). The molecule has 0 bridgehead atoms. The summed E-state index contributed by atoms with van der Waals surface area (Å²) in [6.45, 7) is 4.96. The highest BCUT2D eigenvalue weighted by Crippen LogP contribution is 2.25. The molecule has 2 nitrogen and oxygen atoms in total. The summed E-state index contributed by atoms with van der Waals surface area (Å²) in [5, 5.41) is 5.14. The SMILES string of the molecule is CCNc1cc(C)nc2ccc(Cl)cc12. The zero-order valence-electron chi connectivity index (χ0n) is 8.84. The molecule has 0 aliphatic heterocycles. The quantitative estimate of drug-likeness (QED) is 0.836. The minimum Gasteiger partial charge on any atom is -0.385 e. The smallest absolute Gasteiger partial charge is 0.0726 e. The summed E-state index contributed by atoms with van der Waals surface area (Å²) >= 11 is 5.98. The molecular formula is C12H13ClN2. The van der Waals surface area contributed by atoms with Gasteiger partial charge in [0.25, 0.3) is 0 Å². The van der Waals surface area contributed by atoms with E-state index in [1.165, 1.54) is 0 Å². The predicted molar refractivity (Wildman–Crippen MR) is 65.7 cm³/mol. The van der Waals surface area contributed by atoms with Crippen molar-refractivity contribution in [3.63, 3.8) is 0 Å². The molecule has 15 heavy (non-hydrogen) atoms. The molecular weight excluding hydrogens is 208 g/mol. The van der Waals surface area contributed by atoms with Gasteiger partial charge in [0.2, 0.25) is 0 Å². The lowest BCUT2D eigenvalue weighted by molar-refractivity contribution is 1.19. The van der Waals surface area contributed by atoms with E-state index in [2.05, 4.69) is 17.2 Å². The van der Waals surface area contributed by atoms with Crippen LogP contribution in [0.25, 0.3) is 10.9 Å². The molecule has 2 aromatic rings. The summed E-state index contributed by atoms with van der Waals surface area (Å²) < 4.78 is 0. The Morgan fingerprint density at radius 2 is 2.13 bits per heavy atom. The molecule has 1 aromatic heterocycles. The first kappa shape index (κ1) is 10.2. The molecule has 0 unspecified atom stereocenters. The van der Waals surface area contributed by atoms with E-state index in [4.69, 9.17) is 11.6 Å². The van der Waals surface area contributed by atoms with Crippen LogP contribution in [0, 0.1) is 6.92 Å². The summed E-state index contributed by atoms with van der Waals surface area (Å²) in [6, 6.07) is 7.81. The Kier molecular flexibility index (Phi) is 2.78. The third-order valence-corrected chi connectivity index (χ3v) is 2.50. The van der Waals surface area contributed by atoms with E-state index in [-0.39, 0.29) is 0 Å². The molecule has 2 rings (SSSR count). The van der Waals surface area contributed by atoms with Crippen molar-refractivity contribution in [1.29, 1.82) is 0 Å². The number of rotatable bonds is 2. The first-order valence-corrected chi connectivity index (χ1v) is 5.39. The third kappa shape index (κ3) is 2.05. The number of anilines is 1. The van der Waals surface area contributed by atoms with Crippen molar-refractivity contribution in [2.45, 2.75) is 13.8 Å². The first-order valence-electron chi connectivity index (χ1n) is 5.01. The van der Waals surface area contributed by atoms with E-state index in [1.54, 1.807) is 0 Å². The molecule has 0 spiro atoms. The zero-order valence-corrected chi connectivity index (χ0v) is 9.60. The number of hydrogen-bond acceptors (Lipinski definition) is 2. The Bertz CT molecular complexity index is 494. The van der Waals surface area contributed by atoms with Crippen LogP contribution in [0.4, 0.5) is 5.69 Å². The van der Waals surface area contributed by atoms with Crippen LogP contribution in [0.3, 0.4) is 0 Å². The van der Waals surface area contributed by atoms with Gasteiger partial charge in [-0.25, -0.2) is 0 Å². The molecule has 0 saturated carbocycles. The molecule has 3 heteroatoms. The molecule has 0 aliphatic rings. The van der Waals surface area contributed by atoms with E-state index >= 15 is 0 Å². The highest BCUT2D eigenvalue weighted by molar-refractivity contribution is 6.31. The van der Waals surface area contributed by atoms with Gasteiger partial charge in [0.15, 0.2) is 0 Å². The van der Waals surface area contributed by atoms with Crippen molar-refractivity contribution >= 4 is 28.2 Å². The van der Waals surface area contributed by atoms with Crippen LogP contribution in [0.1, 0.15) is 12.6 Å². The normalized spacial score (nSPS) is 10.6. The highest BCUT2D eigenvalue weighted by atomic mass is 35.5.